The maximum Gasteiger partial charge on any atom is 0.226 e. The molecule has 1 aromatic carbocycles. The summed E-state index contributed by atoms with van der Waals surface area (Å²) in [7, 11) is 0. The van der Waals surface area contributed by atoms with Gasteiger partial charge in [-0.1, -0.05) is 12.1 Å². The summed E-state index contributed by atoms with van der Waals surface area (Å²) in [5.41, 5.74) is 1.81. The first-order valence-corrected chi connectivity index (χ1v) is 6.79. The van der Waals surface area contributed by atoms with Crippen LogP contribution in [0.15, 0.2) is 24.3 Å². The molecule has 0 spiro atoms. The lowest BCUT2D eigenvalue weighted by atomic mass is 10.1. The molecule has 1 aliphatic heterocycles. The van der Waals surface area contributed by atoms with Crippen molar-refractivity contribution in [3.63, 3.8) is 0 Å². The average molecular weight is 295 g/mol. The van der Waals surface area contributed by atoms with Crippen molar-refractivity contribution in [1.82, 2.24) is 15.3 Å². The van der Waals surface area contributed by atoms with E-state index in [4.69, 9.17) is 0 Å². The Balaban J connectivity index is 0.00000147. The fraction of sp³-hybridized carbons (Fsp3) is 0.429. The molecule has 5 nitrogen and oxygen atoms in total. The van der Waals surface area contributed by atoms with Crippen LogP contribution in [0.25, 0.3) is 11.0 Å². The maximum atomic E-state index is 11.8. The van der Waals surface area contributed by atoms with E-state index in [1.165, 1.54) is 12.8 Å². The van der Waals surface area contributed by atoms with Crippen molar-refractivity contribution >= 4 is 35.3 Å². The number of imidazole rings is 1. The van der Waals surface area contributed by atoms with E-state index in [-0.39, 0.29) is 18.3 Å². The third-order valence-corrected chi connectivity index (χ3v) is 3.53. The van der Waals surface area contributed by atoms with Crippen LogP contribution in [0.3, 0.4) is 0 Å². The lowest BCUT2D eigenvalue weighted by molar-refractivity contribution is -0.116. The predicted octanol–water partition coefficient (Wildman–Crippen LogP) is 2.46. The molecule has 1 atom stereocenters. The molecule has 1 aromatic heterocycles. The number of halogens is 1. The van der Waals surface area contributed by atoms with E-state index in [1.807, 2.05) is 24.3 Å². The molecule has 0 bridgehead atoms. The lowest BCUT2D eigenvalue weighted by Gasteiger charge is -2.08. The molecule has 0 aliphatic carbocycles. The number of para-hydroxylation sites is 2. The topological polar surface area (TPSA) is 69.8 Å². The Hall–Kier alpha value is -1.59. The largest absolute Gasteiger partial charge is 0.324 e. The number of rotatable bonds is 4. The average Bonchev–Trinajstić information content (AvgIpc) is 3.04. The quantitative estimate of drug-likeness (QED) is 0.811. The fourth-order valence-electron chi connectivity index (χ4n) is 2.51. The van der Waals surface area contributed by atoms with Gasteiger partial charge in [-0.3, -0.25) is 10.1 Å². The highest BCUT2D eigenvalue weighted by molar-refractivity contribution is 5.91. The molecule has 3 N–H and O–H groups in total. The minimum atomic E-state index is 0. The van der Waals surface area contributed by atoms with Crippen molar-refractivity contribution in [2.45, 2.75) is 31.7 Å². The predicted molar refractivity (Wildman–Crippen MR) is 82.2 cm³/mol. The molecule has 1 unspecified atom stereocenters. The van der Waals surface area contributed by atoms with E-state index >= 15 is 0 Å². The summed E-state index contributed by atoms with van der Waals surface area (Å²) >= 11 is 0. The van der Waals surface area contributed by atoms with Crippen molar-refractivity contribution < 1.29 is 4.79 Å². The SMILES string of the molecule is Cl.O=C(CCC1CCCN1)Nc1nc2ccccc2[nH]1. The van der Waals surface area contributed by atoms with Crippen molar-refractivity contribution in [2.24, 2.45) is 0 Å². The molecule has 3 rings (SSSR count). The first kappa shape index (κ1) is 14.8. The number of benzene rings is 1. The zero-order valence-electron chi connectivity index (χ0n) is 11.2. The molecule has 1 saturated heterocycles. The highest BCUT2D eigenvalue weighted by atomic mass is 35.5. The van der Waals surface area contributed by atoms with Gasteiger partial charge in [0.1, 0.15) is 0 Å². The number of carbonyl (C=O) groups is 1. The summed E-state index contributed by atoms with van der Waals surface area (Å²) < 4.78 is 0. The molecule has 2 aromatic rings. The number of aromatic nitrogens is 2. The molecular formula is C14H19ClN4O. The van der Waals surface area contributed by atoms with E-state index in [1.54, 1.807) is 0 Å². The highest BCUT2D eigenvalue weighted by Crippen LogP contribution is 2.14. The van der Waals surface area contributed by atoms with Crippen molar-refractivity contribution in [3.8, 4) is 0 Å². The third-order valence-electron chi connectivity index (χ3n) is 3.53. The number of anilines is 1. The Kier molecular flexibility index (Phi) is 4.98. The smallest absolute Gasteiger partial charge is 0.226 e. The van der Waals surface area contributed by atoms with Gasteiger partial charge in [0, 0.05) is 12.5 Å². The zero-order valence-corrected chi connectivity index (χ0v) is 12.0. The number of hydrogen-bond acceptors (Lipinski definition) is 3. The van der Waals surface area contributed by atoms with E-state index in [0.29, 0.717) is 18.4 Å². The van der Waals surface area contributed by atoms with Crippen LogP contribution in [0.2, 0.25) is 0 Å². The molecule has 2 heterocycles. The summed E-state index contributed by atoms with van der Waals surface area (Å²) in [6, 6.07) is 8.24. The number of amides is 1. The number of nitrogens with zero attached hydrogens (tertiary/aromatic N) is 1. The van der Waals surface area contributed by atoms with Gasteiger partial charge in [0.2, 0.25) is 11.9 Å². The Morgan fingerprint density at radius 3 is 3.00 bits per heavy atom. The minimum absolute atomic E-state index is 0. The number of aromatic amines is 1. The first-order valence-electron chi connectivity index (χ1n) is 6.79. The second kappa shape index (κ2) is 6.72. The van der Waals surface area contributed by atoms with Crippen LogP contribution in [-0.2, 0) is 4.79 Å². The second-order valence-corrected chi connectivity index (χ2v) is 4.98. The molecule has 1 aliphatic rings. The van der Waals surface area contributed by atoms with Gasteiger partial charge in [0.15, 0.2) is 0 Å². The summed E-state index contributed by atoms with van der Waals surface area (Å²) in [6.45, 7) is 1.08. The molecule has 1 fully saturated rings. The van der Waals surface area contributed by atoms with Crippen LogP contribution in [0, 0.1) is 0 Å². The van der Waals surface area contributed by atoms with Gasteiger partial charge in [-0.25, -0.2) is 4.98 Å². The number of hydrogen-bond donors (Lipinski definition) is 3. The molecule has 0 saturated carbocycles. The zero-order chi connectivity index (χ0) is 13.1. The Morgan fingerprint density at radius 2 is 2.25 bits per heavy atom. The maximum absolute atomic E-state index is 11.8. The van der Waals surface area contributed by atoms with Gasteiger partial charge in [-0.2, -0.15) is 0 Å². The van der Waals surface area contributed by atoms with Crippen LogP contribution in [0.1, 0.15) is 25.7 Å². The normalized spacial score (nSPS) is 17.9. The standard InChI is InChI=1S/C14H18N4O.ClH/c19-13(8-7-10-4-3-9-15-10)18-14-16-11-5-1-2-6-12(11)17-14;/h1-2,5-6,10,15H,3-4,7-9H2,(H2,16,17,18,19);1H. The summed E-state index contributed by atoms with van der Waals surface area (Å²) in [5.74, 6) is 0.554. The number of nitrogens with one attached hydrogen (secondary N) is 3. The highest BCUT2D eigenvalue weighted by Gasteiger charge is 2.15. The number of H-pyrrole nitrogens is 1. The molecule has 0 radical (unpaired) electrons. The summed E-state index contributed by atoms with van der Waals surface area (Å²) in [6.07, 6.45) is 3.83. The van der Waals surface area contributed by atoms with Gasteiger partial charge in [-0.15, -0.1) is 12.4 Å². The number of carbonyl (C=O) groups excluding carboxylic acids is 1. The van der Waals surface area contributed by atoms with Crippen molar-refractivity contribution in [2.75, 3.05) is 11.9 Å². The van der Waals surface area contributed by atoms with E-state index < -0.39 is 0 Å². The number of fused-ring (bicyclic) bond motifs is 1. The molecule has 108 valence electrons. The van der Waals surface area contributed by atoms with Crippen LogP contribution in [-0.4, -0.2) is 28.5 Å². The monoisotopic (exact) mass is 294 g/mol. The molecule has 1 amide bonds. The van der Waals surface area contributed by atoms with Gasteiger partial charge < -0.3 is 10.3 Å². The molecule has 20 heavy (non-hydrogen) atoms. The Labute approximate surface area is 124 Å². The van der Waals surface area contributed by atoms with Gasteiger partial charge >= 0.3 is 0 Å². The van der Waals surface area contributed by atoms with Crippen LogP contribution in [0.5, 0.6) is 0 Å². The minimum Gasteiger partial charge on any atom is -0.324 e. The van der Waals surface area contributed by atoms with Crippen molar-refractivity contribution in [3.05, 3.63) is 24.3 Å². The van der Waals surface area contributed by atoms with Gasteiger partial charge in [-0.05, 0) is 37.9 Å². The summed E-state index contributed by atoms with van der Waals surface area (Å²) in [5, 5.41) is 6.22. The van der Waals surface area contributed by atoms with Gasteiger partial charge in [0.05, 0.1) is 11.0 Å². The molecule has 6 heteroatoms. The van der Waals surface area contributed by atoms with Crippen molar-refractivity contribution in [1.29, 1.82) is 0 Å². The van der Waals surface area contributed by atoms with Gasteiger partial charge in [0.25, 0.3) is 0 Å². The summed E-state index contributed by atoms with van der Waals surface area (Å²) in [4.78, 5) is 19.3. The van der Waals surface area contributed by atoms with E-state index in [2.05, 4.69) is 20.6 Å². The molecular weight excluding hydrogens is 276 g/mol. The fourth-order valence-corrected chi connectivity index (χ4v) is 2.51. The van der Waals surface area contributed by atoms with E-state index in [9.17, 15) is 4.79 Å². The van der Waals surface area contributed by atoms with E-state index in [0.717, 1.165) is 24.0 Å². The Morgan fingerprint density at radius 1 is 1.40 bits per heavy atom. The Bertz CT molecular complexity index is 544. The third kappa shape index (κ3) is 3.49. The first-order chi connectivity index (χ1) is 9.31. The van der Waals surface area contributed by atoms with Crippen LogP contribution in [0.4, 0.5) is 5.95 Å². The lowest BCUT2D eigenvalue weighted by Crippen LogP contribution is -2.23. The van der Waals surface area contributed by atoms with Crippen LogP contribution < -0.4 is 10.6 Å². The van der Waals surface area contributed by atoms with Crippen LogP contribution >= 0.6 is 12.4 Å². The second-order valence-electron chi connectivity index (χ2n) is 4.98.